The summed E-state index contributed by atoms with van der Waals surface area (Å²) in [5.41, 5.74) is 1.06. The van der Waals surface area contributed by atoms with Crippen molar-refractivity contribution in [1.29, 1.82) is 0 Å². The highest BCUT2D eigenvalue weighted by atomic mass is 16.5. The van der Waals surface area contributed by atoms with Crippen LogP contribution in [0.4, 0.5) is 0 Å². The van der Waals surface area contributed by atoms with E-state index in [2.05, 4.69) is 19.2 Å². The van der Waals surface area contributed by atoms with Crippen LogP contribution in [-0.4, -0.2) is 42.1 Å². The predicted molar refractivity (Wildman–Crippen MR) is 81.0 cm³/mol. The Kier molecular flexibility index (Phi) is 7.59. The molecule has 20 heavy (non-hydrogen) atoms. The van der Waals surface area contributed by atoms with Gasteiger partial charge in [-0.05, 0) is 30.9 Å². The molecule has 2 atom stereocenters. The highest BCUT2D eigenvalue weighted by Crippen LogP contribution is 2.16. The third-order valence-electron chi connectivity index (χ3n) is 3.39. The molecule has 114 valence electrons. The highest BCUT2D eigenvalue weighted by Gasteiger charge is 2.14. The molecular formula is C16H27NO3. The fourth-order valence-electron chi connectivity index (χ4n) is 2.06. The van der Waals surface area contributed by atoms with E-state index in [1.165, 1.54) is 0 Å². The molecule has 0 radical (unpaired) electrons. The molecule has 1 aromatic rings. The Balaban J connectivity index is 2.33. The minimum atomic E-state index is -0.561. The number of hydrogen-bond acceptors (Lipinski definition) is 4. The molecule has 3 N–H and O–H groups in total. The first kappa shape index (κ1) is 17.0. The number of para-hydroxylation sites is 1. The van der Waals surface area contributed by atoms with Gasteiger partial charge in [-0.1, -0.05) is 32.0 Å². The summed E-state index contributed by atoms with van der Waals surface area (Å²) in [5.74, 6) is 1.23. The van der Waals surface area contributed by atoms with Gasteiger partial charge in [-0.3, -0.25) is 0 Å². The molecular weight excluding hydrogens is 254 g/mol. The quantitative estimate of drug-likeness (QED) is 0.645. The lowest BCUT2D eigenvalue weighted by molar-refractivity contribution is 0.0992. The Morgan fingerprint density at radius 2 is 1.95 bits per heavy atom. The van der Waals surface area contributed by atoms with Crippen molar-refractivity contribution in [3.63, 3.8) is 0 Å². The SMILES string of the molecule is Cc1ccccc1OCC(O)CNC(CCO)C(C)C. The van der Waals surface area contributed by atoms with E-state index in [0.717, 1.165) is 11.3 Å². The van der Waals surface area contributed by atoms with Gasteiger partial charge < -0.3 is 20.3 Å². The van der Waals surface area contributed by atoms with E-state index < -0.39 is 6.10 Å². The van der Waals surface area contributed by atoms with Crippen LogP contribution in [0.15, 0.2) is 24.3 Å². The molecule has 4 nitrogen and oxygen atoms in total. The zero-order valence-electron chi connectivity index (χ0n) is 12.7. The average Bonchev–Trinajstić information content (AvgIpc) is 2.42. The Hall–Kier alpha value is -1.10. The van der Waals surface area contributed by atoms with Gasteiger partial charge in [0.05, 0.1) is 0 Å². The fraction of sp³-hybridized carbons (Fsp3) is 0.625. The molecule has 0 aromatic heterocycles. The Morgan fingerprint density at radius 3 is 2.55 bits per heavy atom. The van der Waals surface area contributed by atoms with Crippen LogP contribution in [0.1, 0.15) is 25.8 Å². The van der Waals surface area contributed by atoms with Crippen molar-refractivity contribution in [2.45, 2.75) is 39.3 Å². The van der Waals surface area contributed by atoms with Crippen LogP contribution in [0.25, 0.3) is 0 Å². The molecule has 0 fully saturated rings. The molecule has 2 unspecified atom stereocenters. The van der Waals surface area contributed by atoms with Gasteiger partial charge in [0.2, 0.25) is 0 Å². The van der Waals surface area contributed by atoms with Crippen molar-refractivity contribution < 1.29 is 14.9 Å². The van der Waals surface area contributed by atoms with Crippen LogP contribution in [0.2, 0.25) is 0 Å². The lowest BCUT2D eigenvalue weighted by atomic mass is 10.0. The number of ether oxygens (including phenoxy) is 1. The lowest BCUT2D eigenvalue weighted by Crippen LogP contribution is -2.41. The first-order valence-electron chi connectivity index (χ1n) is 7.25. The maximum Gasteiger partial charge on any atom is 0.122 e. The maximum absolute atomic E-state index is 9.95. The molecule has 4 heteroatoms. The minimum Gasteiger partial charge on any atom is -0.491 e. The van der Waals surface area contributed by atoms with Gasteiger partial charge in [0.1, 0.15) is 18.5 Å². The summed E-state index contributed by atoms with van der Waals surface area (Å²) in [6.45, 7) is 7.07. The number of aliphatic hydroxyl groups excluding tert-OH is 2. The predicted octanol–water partition coefficient (Wildman–Crippen LogP) is 1.73. The molecule has 0 amide bonds. The van der Waals surface area contributed by atoms with Crippen molar-refractivity contribution in [2.24, 2.45) is 5.92 Å². The Bertz CT molecular complexity index is 382. The monoisotopic (exact) mass is 281 g/mol. The third kappa shape index (κ3) is 5.90. The van der Waals surface area contributed by atoms with E-state index in [0.29, 0.717) is 18.9 Å². The molecule has 0 aliphatic heterocycles. The number of aryl methyl sites for hydroxylation is 1. The van der Waals surface area contributed by atoms with E-state index in [9.17, 15) is 5.11 Å². The zero-order valence-corrected chi connectivity index (χ0v) is 12.7. The van der Waals surface area contributed by atoms with E-state index in [1.54, 1.807) is 0 Å². The topological polar surface area (TPSA) is 61.7 Å². The number of aliphatic hydroxyl groups is 2. The summed E-state index contributed by atoms with van der Waals surface area (Å²) in [6, 6.07) is 7.98. The summed E-state index contributed by atoms with van der Waals surface area (Å²) in [6.07, 6.45) is 0.137. The molecule has 0 bridgehead atoms. The molecule has 1 rings (SSSR count). The summed E-state index contributed by atoms with van der Waals surface area (Å²) < 4.78 is 5.61. The van der Waals surface area contributed by atoms with Crippen molar-refractivity contribution in [3.05, 3.63) is 29.8 Å². The van der Waals surface area contributed by atoms with E-state index in [4.69, 9.17) is 9.84 Å². The number of hydrogen-bond donors (Lipinski definition) is 3. The maximum atomic E-state index is 9.95. The van der Waals surface area contributed by atoms with Crippen LogP contribution in [0.3, 0.4) is 0 Å². The second-order valence-electron chi connectivity index (χ2n) is 5.50. The number of benzene rings is 1. The van der Waals surface area contributed by atoms with Crippen LogP contribution in [0, 0.1) is 12.8 Å². The van der Waals surface area contributed by atoms with Crippen molar-refractivity contribution in [2.75, 3.05) is 19.8 Å². The van der Waals surface area contributed by atoms with Gasteiger partial charge >= 0.3 is 0 Å². The summed E-state index contributed by atoms with van der Waals surface area (Å²) >= 11 is 0. The second-order valence-corrected chi connectivity index (χ2v) is 5.50. The van der Waals surface area contributed by atoms with Crippen LogP contribution < -0.4 is 10.1 Å². The van der Waals surface area contributed by atoms with Crippen molar-refractivity contribution in [3.8, 4) is 5.75 Å². The van der Waals surface area contributed by atoms with Gasteiger partial charge in [0, 0.05) is 19.2 Å². The first-order valence-corrected chi connectivity index (χ1v) is 7.25. The number of nitrogens with one attached hydrogen (secondary N) is 1. The Morgan fingerprint density at radius 1 is 1.25 bits per heavy atom. The normalized spacial score (nSPS) is 14.3. The smallest absolute Gasteiger partial charge is 0.122 e. The van der Waals surface area contributed by atoms with Gasteiger partial charge in [-0.2, -0.15) is 0 Å². The average molecular weight is 281 g/mol. The van der Waals surface area contributed by atoms with Crippen molar-refractivity contribution >= 4 is 0 Å². The van der Waals surface area contributed by atoms with E-state index in [1.807, 2.05) is 31.2 Å². The zero-order chi connectivity index (χ0) is 15.0. The molecule has 0 spiro atoms. The van der Waals surface area contributed by atoms with Crippen molar-refractivity contribution in [1.82, 2.24) is 5.32 Å². The van der Waals surface area contributed by atoms with Crippen LogP contribution in [0.5, 0.6) is 5.75 Å². The largest absolute Gasteiger partial charge is 0.491 e. The Labute approximate surface area is 121 Å². The van der Waals surface area contributed by atoms with Crippen LogP contribution in [-0.2, 0) is 0 Å². The molecule has 0 aliphatic carbocycles. The van der Waals surface area contributed by atoms with Gasteiger partial charge in [0.25, 0.3) is 0 Å². The molecule has 0 saturated heterocycles. The highest BCUT2D eigenvalue weighted by molar-refractivity contribution is 5.31. The summed E-state index contributed by atoms with van der Waals surface area (Å²) in [5, 5.41) is 22.2. The summed E-state index contributed by atoms with van der Waals surface area (Å²) in [4.78, 5) is 0. The molecule has 1 aromatic carbocycles. The number of rotatable bonds is 9. The molecule has 0 heterocycles. The van der Waals surface area contributed by atoms with Gasteiger partial charge in [0.15, 0.2) is 0 Å². The van der Waals surface area contributed by atoms with Crippen LogP contribution >= 0.6 is 0 Å². The lowest BCUT2D eigenvalue weighted by Gasteiger charge is -2.23. The minimum absolute atomic E-state index is 0.158. The van der Waals surface area contributed by atoms with E-state index in [-0.39, 0.29) is 19.3 Å². The first-order chi connectivity index (χ1) is 9.54. The molecule has 0 saturated carbocycles. The second kappa shape index (κ2) is 8.95. The standard InChI is InChI=1S/C16H27NO3/c1-12(2)15(8-9-18)17-10-14(19)11-20-16-7-5-4-6-13(16)3/h4-7,12,14-15,17-19H,8-11H2,1-3H3. The third-order valence-corrected chi connectivity index (χ3v) is 3.39. The van der Waals surface area contributed by atoms with Gasteiger partial charge in [-0.25, -0.2) is 0 Å². The van der Waals surface area contributed by atoms with Gasteiger partial charge in [-0.15, -0.1) is 0 Å². The molecule has 0 aliphatic rings. The summed E-state index contributed by atoms with van der Waals surface area (Å²) in [7, 11) is 0. The fourth-order valence-corrected chi connectivity index (χ4v) is 2.06. The van der Waals surface area contributed by atoms with E-state index >= 15 is 0 Å².